The fourth-order valence-corrected chi connectivity index (χ4v) is 5.19. The molecule has 7 nitrogen and oxygen atoms in total. The van der Waals surface area contributed by atoms with Crippen LogP contribution in [0.2, 0.25) is 0 Å². The summed E-state index contributed by atoms with van der Waals surface area (Å²) in [4.78, 5) is 43.6. The molecular formula is C20H25N3O4. The number of aromatic nitrogens is 1. The highest BCUT2D eigenvalue weighted by Gasteiger charge is 2.63. The molecule has 7 heteroatoms. The molecule has 4 unspecified atom stereocenters. The number of rotatable bonds is 4. The zero-order valence-electron chi connectivity index (χ0n) is 15.8. The van der Waals surface area contributed by atoms with Gasteiger partial charge in [-0.3, -0.25) is 19.3 Å². The van der Waals surface area contributed by atoms with Crippen LogP contribution in [0.25, 0.3) is 0 Å². The van der Waals surface area contributed by atoms with Gasteiger partial charge >= 0.3 is 0 Å². The average Bonchev–Trinajstić information content (AvgIpc) is 3.24. The van der Waals surface area contributed by atoms with E-state index in [0.29, 0.717) is 18.5 Å². The summed E-state index contributed by atoms with van der Waals surface area (Å²) in [6, 6.07) is 1.47. The maximum atomic E-state index is 12.9. The molecule has 27 heavy (non-hydrogen) atoms. The van der Waals surface area contributed by atoms with Crippen LogP contribution in [-0.2, 0) is 9.59 Å². The predicted octanol–water partition coefficient (Wildman–Crippen LogP) is 1.49. The highest BCUT2D eigenvalue weighted by Crippen LogP contribution is 2.56. The molecule has 1 saturated heterocycles. The van der Waals surface area contributed by atoms with E-state index in [1.54, 1.807) is 13.0 Å². The molecule has 1 aliphatic heterocycles. The molecule has 0 aromatic carbocycles. The van der Waals surface area contributed by atoms with Crippen molar-refractivity contribution in [2.45, 2.75) is 39.7 Å². The zero-order chi connectivity index (χ0) is 19.5. The number of nitrogens with zero attached hydrogens (tertiary/aromatic N) is 2. The number of fused-ring (bicyclic) bond motifs is 5. The Bertz CT molecular complexity index is 821. The summed E-state index contributed by atoms with van der Waals surface area (Å²) in [6.07, 6.45) is 2.98. The zero-order valence-corrected chi connectivity index (χ0v) is 15.8. The van der Waals surface area contributed by atoms with Crippen molar-refractivity contribution in [3.63, 3.8) is 0 Å². The van der Waals surface area contributed by atoms with Crippen LogP contribution in [-0.4, -0.2) is 45.3 Å². The van der Waals surface area contributed by atoms with Gasteiger partial charge in [0.2, 0.25) is 11.8 Å². The molecule has 1 aromatic heterocycles. The number of aryl methyl sites for hydroxylation is 1. The van der Waals surface area contributed by atoms with E-state index in [1.807, 2.05) is 13.8 Å². The van der Waals surface area contributed by atoms with Gasteiger partial charge in [-0.1, -0.05) is 13.8 Å². The molecular weight excluding hydrogens is 346 g/mol. The van der Waals surface area contributed by atoms with Crippen LogP contribution in [0.3, 0.4) is 0 Å². The number of likely N-dealkylation sites (tertiary alicyclic amines) is 1. The first-order valence-corrected chi connectivity index (χ1v) is 9.60. The number of aromatic hydroxyl groups is 1. The third-order valence-electron chi connectivity index (χ3n) is 6.31. The van der Waals surface area contributed by atoms with E-state index < -0.39 is 5.91 Å². The van der Waals surface area contributed by atoms with Crippen molar-refractivity contribution in [1.29, 1.82) is 0 Å². The second kappa shape index (κ2) is 6.32. The summed E-state index contributed by atoms with van der Waals surface area (Å²) in [5.74, 6) is -0.856. The van der Waals surface area contributed by atoms with Gasteiger partial charge in [0, 0.05) is 18.8 Å². The molecule has 2 saturated carbocycles. The Labute approximate surface area is 158 Å². The number of carbonyl (C=O) groups excluding carboxylic acids is 3. The molecule has 3 amide bonds. The van der Waals surface area contributed by atoms with E-state index in [1.165, 1.54) is 11.1 Å². The van der Waals surface area contributed by atoms with Gasteiger partial charge in [-0.2, -0.15) is 0 Å². The van der Waals surface area contributed by atoms with Crippen LogP contribution < -0.4 is 5.32 Å². The maximum Gasteiger partial charge on any atom is 0.273 e. The van der Waals surface area contributed by atoms with Gasteiger partial charge in [0.15, 0.2) is 5.69 Å². The van der Waals surface area contributed by atoms with Crippen molar-refractivity contribution in [1.82, 2.24) is 15.2 Å². The van der Waals surface area contributed by atoms with E-state index in [0.717, 1.165) is 6.42 Å². The lowest BCUT2D eigenvalue weighted by atomic mass is 9.78. The minimum atomic E-state index is -0.430. The van der Waals surface area contributed by atoms with E-state index in [9.17, 15) is 19.5 Å². The van der Waals surface area contributed by atoms with Gasteiger partial charge < -0.3 is 10.4 Å². The first kappa shape index (κ1) is 17.9. The molecule has 4 rings (SSSR count). The van der Waals surface area contributed by atoms with Crippen LogP contribution in [0.15, 0.2) is 12.3 Å². The molecule has 1 aromatic rings. The maximum absolute atomic E-state index is 12.9. The smallest absolute Gasteiger partial charge is 0.273 e. The lowest BCUT2D eigenvalue weighted by Gasteiger charge is -2.29. The molecule has 144 valence electrons. The normalized spacial score (nSPS) is 31.7. The minimum absolute atomic E-state index is 0.00424. The van der Waals surface area contributed by atoms with Gasteiger partial charge in [0.25, 0.3) is 5.91 Å². The Morgan fingerprint density at radius 1 is 1.30 bits per heavy atom. The molecule has 2 aliphatic carbocycles. The number of carbonyl (C=O) groups is 3. The second-order valence-electron chi connectivity index (χ2n) is 8.53. The summed E-state index contributed by atoms with van der Waals surface area (Å²) in [5.41, 5.74) is 0.591. The van der Waals surface area contributed by atoms with Gasteiger partial charge in [0.05, 0.1) is 11.8 Å². The van der Waals surface area contributed by atoms with Crippen LogP contribution in [0.4, 0.5) is 0 Å². The fourth-order valence-electron chi connectivity index (χ4n) is 5.19. The lowest BCUT2D eigenvalue weighted by Crippen LogP contribution is -2.44. The number of hydrogen-bond acceptors (Lipinski definition) is 5. The van der Waals surface area contributed by atoms with Gasteiger partial charge in [-0.05, 0) is 49.1 Å². The fraction of sp³-hybridized carbons (Fsp3) is 0.600. The number of nitrogens with one attached hydrogen (secondary N) is 1. The summed E-state index contributed by atoms with van der Waals surface area (Å²) in [7, 11) is 0. The molecule has 3 fully saturated rings. The van der Waals surface area contributed by atoms with Crippen LogP contribution in [0.5, 0.6) is 5.75 Å². The van der Waals surface area contributed by atoms with Gasteiger partial charge in [-0.15, -0.1) is 0 Å². The Morgan fingerprint density at radius 2 is 2.00 bits per heavy atom. The highest BCUT2D eigenvalue weighted by atomic mass is 16.3. The lowest BCUT2D eigenvalue weighted by molar-refractivity contribution is -0.141. The van der Waals surface area contributed by atoms with Crippen molar-refractivity contribution in [2.24, 2.45) is 29.6 Å². The number of imide groups is 1. The molecule has 0 radical (unpaired) electrons. The van der Waals surface area contributed by atoms with E-state index >= 15 is 0 Å². The van der Waals surface area contributed by atoms with Gasteiger partial charge in [0.1, 0.15) is 5.75 Å². The average molecular weight is 371 g/mol. The van der Waals surface area contributed by atoms with E-state index in [4.69, 9.17) is 0 Å². The summed E-state index contributed by atoms with van der Waals surface area (Å²) in [5, 5.41) is 13.0. The van der Waals surface area contributed by atoms with Crippen molar-refractivity contribution < 1.29 is 19.5 Å². The first-order chi connectivity index (χ1) is 12.8. The topological polar surface area (TPSA) is 99.6 Å². The van der Waals surface area contributed by atoms with Crippen molar-refractivity contribution in [3.05, 3.63) is 23.5 Å². The van der Waals surface area contributed by atoms with E-state index in [-0.39, 0.29) is 58.9 Å². The molecule has 2 heterocycles. The number of hydrogen-bond donors (Lipinski definition) is 2. The molecule has 2 bridgehead atoms. The third kappa shape index (κ3) is 2.71. The number of pyridine rings is 1. The van der Waals surface area contributed by atoms with Crippen LogP contribution in [0, 0.1) is 36.5 Å². The third-order valence-corrected chi connectivity index (χ3v) is 6.31. The van der Waals surface area contributed by atoms with Crippen LogP contribution >= 0.6 is 0 Å². The Hall–Kier alpha value is -2.44. The van der Waals surface area contributed by atoms with Crippen molar-refractivity contribution in [3.8, 4) is 5.75 Å². The largest absolute Gasteiger partial charge is 0.505 e. The highest BCUT2D eigenvalue weighted by molar-refractivity contribution is 6.06. The number of amides is 3. The van der Waals surface area contributed by atoms with Crippen molar-refractivity contribution >= 4 is 17.7 Å². The molecule has 2 N–H and O–H groups in total. The molecule has 5 atom stereocenters. The molecule has 0 spiro atoms. The quantitative estimate of drug-likeness (QED) is 0.781. The van der Waals surface area contributed by atoms with Crippen LogP contribution in [0.1, 0.15) is 42.7 Å². The monoisotopic (exact) mass is 371 g/mol. The second-order valence-corrected chi connectivity index (χ2v) is 8.53. The Balaban J connectivity index is 1.51. The summed E-state index contributed by atoms with van der Waals surface area (Å²) in [6.45, 7) is 6.16. The first-order valence-electron chi connectivity index (χ1n) is 9.60. The summed E-state index contributed by atoms with van der Waals surface area (Å²) >= 11 is 0. The summed E-state index contributed by atoms with van der Waals surface area (Å²) < 4.78 is 0. The van der Waals surface area contributed by atoms with Gasteiger partial charge in [-0.25, -0.2) is 4.98 Å². The van der Waals surface area contributed by atoms with Crippen molar-refractivity contribution in [2.75, 3.05) is 6.54 Å². The predicted molar refractivity (Wildman–Crippen MR) is 96.6 cm³/mol. The minimum Gasteiger partial charge on any atom is -0.505 e. The van der Waals surface area contributed by atoms with E-state index in [2.05, 4.69) is 10.3 Å². The molecule has 3 aliphatic rings. The standard InChI is InChI=1S/C20H25N3O4/c1-9(2)8-23-19(26)14-11-6-12(15(14)20(23)27)13(7-11)22-18(25)16-17(24)10(3)4-5-21-16/h4-5,9,11-15,24H,6-8H2,1-3H3,(H,22,25)/t11?,12?,13-,14?,15?/m1/s1. The Kier molecular flexibility index (Phi) is 4.20. The Morgan fingerprint density at radius 3 is 2.70 bits per heavy atom. The SMILES string of the molecule is Cc1ccnc(C(=O)N[C@@H]2CC3CC2C2C(=O)N(CC(C)C)C(=O)C32)c1O.